The van der Waals surface area contributed by atoms with Gasteiger partial charge in [0.15, 0.2) is 0 Å². The van der Waals surface area contributed by atoms with Gasteiger partial charge in [-0.2, -0.15) is 12.6 Å². The summed E-state index contributed by atoms with van der Waals surface area (Å²) in [6.45, 7) is 5.74. The molecule has 102 valence electrons. The third kappa shape index (κ3) is 4.21. The van der Waals surface area contributed by atoms with Crippen molar-refractivity contribution < 1.29 is 9.47 Å². The molecule has 0 unspecified atom stereocenters. The molecule has 0 amide bonds. The fraction of sp³-hybridized carbons (Fsp3) is 0.600. The smallest absolute Gasteiger partial charge is 0.119 e. The van der Waals surface area contributed by atoms with E-state index in [0.717, 1.165) is 36.5 Å². The molecule has 0 aliphatic rings. The van der Waals surface area contributed by atoms with E-state index in [2.05, 4.69) is 26.5 Å². The molecule has 0 radical (unpaired) electrons. The Morgan fingerprint density at radius 3 is 2.50 bits per heavy atom. The number of rotatable bonds is 8. The summed E-state index contributed by atoms with van der Waals surface area (Å²) in [4.78, 5) is 0. The average Bonchev–Trinajstić information content (AvgIpc) is 2.42. The number of benzene rings is 1. The van der Waals surface area contributed by atoms with Crippen LogP contribution in [-0.4, -0.2) is 19.5 Å². The molecule has 0 aliphatic carbocycles. The Kier molecular flexibility index (Phi) is 6.58. The van der Waals surface area contributed by atoms with Crippen LogP contribution in [0.1, 0.15) is 32.3 Å². The van der Waals surface area contributed by atoms with Gasteiger partial charge in [0, 0.05) is 12.5 Å². The minimum Gasteiger partial charge on any atom is -0.493 e. The molecule has 0 spiro atoms. The number of ether oxygens (including phenoxy) is 2. The molecule has 3 heteroatoms. The van der Waals surface area contributed by atoms with E-state index in [-0.39, 0.29) is 5.41 Å². The maximum absolute atomic E-state index is 5.93. The monoisotopic (exact) mass is 268 g/mol. The topological polar surface area (TPSA) is 18.5 Å². The van der Waals surface area contributed by atoms with Gasteiger partial charge in [0.25, 0.3) is 0 Å². The lowest BCUT2D eigenvalue weighted by molar-refractivity contribution is 0.156. The predicted molar refractivity (Wildman–Crippen MR) is 79.5 cm³/mol. The number of methoxy groups -OCH3 is 1. The molecule has 1 aromatic rings. The van der Waals surface area contributed by atoms with Crippen molar-refractivity contribution in [2.24, 2.45) is 5.41 Å². The van der Waals surface area contributed by atoms with Crippen LogP contribution in [0.5, 0.6) is 5.75 Å². The van der Waals surface area contributed by atoms with Gasteiger partial charge in [0.1, 0.15) is 5.75 Å². The highest BCUT2D eigenvalue weighted by molar-refractivity contribution is 7.80. The van der Waals surface area contributed by atoms with Crippen LogP contribution in [0.3, 0.4) is 0 Å². The highest BCUT2D eigenvalue weighted by Gasteiger charge is 2.25. The summed E-state index contributed by atoms with van der Waals surface area (Å²) >= 11 is 4.46. The summed E-state index contributed by atoms with van der Waals surface area (Å²) < 4.78 is 11.1. The van der Waals surface area contributed by atoms with Gasteiger partial charge in [-0.15, -0.1) is 0 Å². The molecule has 1 aromatic carbocycles. The van der Waals surface area contributed by atoms with E-state index in [4.69, 9.17) is 9.47 Å². The molecule has 0 bridgehead atoms. The second kappa shape index (κ2) is 7.70. The molecular weight excluding hydrogens is 244 g/mol. The Morgan fingerprint density at radius 2 is 1.94 bits per heavy atom. The van der Waals surface area contributed by atoms with E-state index in [1.54, 1.807) is 7.11 Å². The number of hydrogen-bond acceptors (Lipinski definition) is 3. The van der Waals surface area contributed by atoms with Gasteiger partial charge < -0.3 is 9.47 Å². The van der Waals surface area contributed by atoms with Gasteiger partial charge in [0.2, 0.25) is 0 Å². The van der Waals surface area contributed by atoms with Gasteiger partial charge in [-0.05, 0) is 36.3 Å². The molecule has 0 atom stereocenters. The van der Waals surface area contributed by atoms with Crippen LogP contribution in [0, 0.1) is 5.41 Å². The highest BCUT2D eigenvalue weighted by atomic mass is 32.1. The molecule has 2 nitrogen and oxygen atoms in total. The largest absolute Gasteiger partial charge is 0.493 e. The van der Waals surface area contributed by atoms with E-state index < -0.39 is 0 Å². The van der Waals surface area contributed by atoms with Gasteiger partial charge in [-0.25, -0.2) is 0 Å². The lowest BCUT2D eigenvalue weighted by Gasteiger charge is -2.29. The van der Waals surface area contributed by atoms with E-state index in [1.165, 1.54) is 0 Å². The van der Waals surface area contributed by atoms with Crippen molar-refractivity contribution in [2.45, 2.75) is 33.3 Å². The first kappa shape index (κ1) is 15.4. The van der Waals surface area contributed by atoms with Gasteiger partial charge in [0.05, 0.1) is 13.2 Å². The Bertz CT molecular complexity index is 340. The van der Waals surface area contributed by atoms with Gasteiger partial charge in [-0.3, -0.25) is 0 Å². The summed E-state index contributed by atoms with van der Waals surface area (Å²) in [6, 6.07) is 8.08. The molecule has 0 fully saturated rings. The summed E-state index contributed by atoms with van der Waals surface area (Å²) in [6.07, 6.45) is 2.18. The Labute approximate surface area is 116 Å². The van der Waals surface area contributed by atoms with E-state index in [9.17, 15) is 0 Å². The van der Waals surface area contributed by atoms with Gasteiger partial charge >= 0.3 is 0 Å². The fourth-order valence-corrected chi connectivity index (χ4v) is 2.39. The Balaban J connectivity index is 2.64. The zero-order valence-corrected chi connectivity index (χ0v) is 12.5. The molecule has 0 saturated carbocycles. The van der Waals surface area contributed by atoms with Crippen LogP contribution < -0.4 is 4.74 Å². The molecule has 0 saturated heterocycles. The van der Waals surface area contributed by atoms with E-state index in [0.29, 0.717) is 6.61 Å². The fourth-order valence-electron chi connectivity index (χ4n) is 1.85. The standard InChI is InChI=1S/C15H24O2S/c1-4-15(5-2,12-18)11-17-14-8-6-7-13(9-14)10-16-3/h6-9,18H,4-5,10-12H2,1-3H3. The molecule has 0 heterocycles. The second-order valence-electron chi connectivity index (χ2n) is 4.73. The third-order valence-corrected chi connectivity index (χ3v) is 4.26. The summed E-state index contributed by atoms with van der Waals surface area (Å²) in [5.74, 6) is 1.77. The molecule has 0 aliphatic heterocycles. The van der Waals surface area contributed by atoms with Crippen LogP contribution in [0.4, 0.5) is 0 Å². The quantitative estimate of drug-likeness (QED) is 0.720. The third-order valence-electron chi connectivity index (χ3n) is 3.59. The molecular formula is C15H24O2S. The van der Waals surface area contributed by atoms with Crippen LogP contribution in [0.2, 0.25) is 0 Å². The Hall–Kier alpha value is -0.670. The summed E-state index contributed by atoms with van der Waals surface area (Å²) in [7, 11) is 1.70. The van der Waals surface area contributed by atoms with Gasteiger partial charge in [-0.1, -0.05) is 26.0 Å². The summed E-state index contributed by atoms with van der Waals surface area (Å²) in [5, 5.41) is 0. The zero-order chi connectivity index (χ0) is 13.4. The van der Waals surface area contributed by atoms with Crippen molar-refractivity contribution >= 4 is 12.6 Å². The maximum atomic E-state index is 5.93. The molecule has 0 N–H and O–H groups in total. The van der Waals surface area contributed by atoms with Crippen LogP contribution in [0.25, 0.3) is 0 Å². The van der Waals surface area contributed by atoms with Crippen molar-refractivity contribution in [3.63, 3.8) is 0 Å². The maximum Gasteiger partial charge on any atom is 0.119 e. The van der Waals surface area contributed by atoms with Crippen molar-refractivity contribution in [1.82, 2.24) is 0 Å². The van der Waals surface area contributed by atoms with E-state index in [1.807, 2.05) is 24.3 Å². The first-order chi connectivity index (χ1) is 8.69. The van der Waals surface area contributed by atoms with E-state index >= 15 is 0 Å². The molecule has 18 heavy (non-hydrogen) atoms. The van der Waals surface area contributed by atoms with Crippen molar-refractivity contribution in [3.8, 4) is 5.75 Å². The number of hydrogen-bond donors (Lipinski definition) is 1. The molecule has 1 rings (SSSR count). The van der Waals surface area contributed by atoms with Crippen LogP contribution in [-0.2, 0) is 11.3 Å². The average molecular weight is 268 g/mol. The minimum absolute atomic E-state index is 0.181. The van der Waals surface area contributed by atoms with Crippen molar-refractivity contribution in [2.75, 3.05) is 19.5 Å². The van der Waals surface area contributed by atoms with Crippen molar-refractivity contribution in [1.29, 1.82) is 0 Å². The Morgan fingerprint density at radius 1 is 1.22 bits per heavy atom. The minimum atomic E-state index is 0.181. The SMILES string of the molecule is CCC(CC)(CS)COc1cccc(COC)c1. The van der Waals surface area contributed by atoms with Crippen LogP contribution >= 0.6 is 12.6 Å². The lowest BCUT2D eigenvalue weighted by atomic mass is 9.85. The normalized spacial score (nSPS) is 11.6. The first-order valence-electron chi connectivity index (χ1n) is 6.51. The second-order valence-corrected chi connectivity index (χ2v) is 5.05. The summed E-state index contributed by atoms with van der Waals surface area (Å²) in [5.41, 5.74) is 1.32. The first-order valence-corrected chi connectivity index (χ1v) is 7.14. The molecule has 0 aromatic heterocycles. The van der Waals surface area contributed by atoms with Crippen molar-refractivity contribution in [3.05, 3.63) is 29.8 Å². The lowest BCUT2D eigenvalue weighted by Crippen LogP contribution is -2.29. The van der Waals surface area contributed by atoms with Crippen LogP contribution in [0.15, 0.2) is 24.3 Å². The zero-order valence-electron chi connectivity index (χ0n) is 11.6. The highest BCUT2D eigenvalue weighted by Crippen LogP contribution is 2.29. The predicted octanol–water partition coefficient (Wildman–Crippen LogP) is 3.95. The number of thiol groups is 1.